The Kier molecular flexibility index (Phi) is 4.22. The van der Waals surface area contributed by atoms with Gasteiger partial charge in [0, 0.05) is 37.3 Å². The number of rotatable bonds is 3. The van der Waals surface area contributed by atoms with E-state index in [0.29, 0.717) is 24.8 Å². The minimum absolute atomic E-state index is 0.0712. The molecule has 23 heavy (non-hydrogen) atoms. The van der Waals surface area contributed by atoms with Crippen LogP contribution in [-0.4, -0.2) is 44.0 Å². The van der Waals surface area contributed by atoms with E-state index in [1.54, 1.807) is 4.90 Å². The molecule has 0 radical (unpaired) electrons. The van der Waals surface area contributed by atoms with Crippen molar-refractivity contribution in [3.8, 4) is 0 Å². The smallest absolute Gasteiger partial charge is 0.276 e. The van der Waals surface area contributed by atoms with Gasteiger partial charge < -0.3 is 15.2 Å². The number of hydrogen-bond acceptors (Lipinski definition) is 7. The number of likely N-dealkylation sites (tertiary alicyclic amines) is 1. The third-order valence-electron chi connectivity index (χ3n) is 3.95. The molecule has 3 heterocycles. The van der Waals surface area contributed by atoms with Gasteiger partial charge in [-0.05, 0) is 12.8 Å². The molecule has 1 saturated heterocycles. The summed E-state index contributed by atoms with van der Waals surface area (Å²) in [6.45, 7) is 5.21. The number of amides is 1. The molecule has 1 unspecified atom stereocenters. The number of nitrogens with zero attached hydrogens (tertiary/aromatic N) is 5. The van der Waals surface area contributed by atoms with Crippen LogP contribution in [0.2, 0.25) is 0 Å². The highest BCUT2D eigenvalue weighted by atomic mass is 16.5. The Balaban J connectivity index is 1.75. The summed E-state index contributed by atoms with van der Waals surface area (Å²) < 4.78 is 5.27. The minimum Gasteiger partial charge on any atom is -0.382 e. The molecule has 1 atom stereocenters. The van der Waals surface area contributed by atoms with Crippen LogP contribution >= 0.6 is 0 Å². The maximum Gasteiger partial charge on any atom is 0.276 e. The van der Waals surface area contributed by atoms with Crippen molar-refractivity contribution in [3.63, 3.8) is 0 Å². The number of nitrogen functional groups attached to an aromatic ring is 1. The molecule has 1 aliphatic heterocycles. The molecule has 2 N–H and O–H groups in total. The molecule has 1 fully saturated rings. The lowest BCUT2D eigenvalue weighted by atomic mass is 9.97. The third-order valence-corrected chi connectivity index (χ3v) is 3.95. The lowest BCUT2D eigenvalue weighted by Crippen LogP contribution is -2.40. The Labute approximate surface area is 134 Å². The highest BCUT2D eigenvalue weighted by Gasteiger charge is 2.30. The van der Waals surface area contributed by atoms with E-state index in [4.69, 9.17) is 10.3 Å². The Morgan fingerprint density at radius 2 is 2.17 bits per heavy atom. The average Bonchev–Trinajstić information content (AvgIpc) is 3.05. The van der Waals surface area contributed by atoms with Crippen LogP contribution in [0.15, 0.2) is 16.9 Å². The summed E-state index contributed by atoms with van der Waals surface area (Å²) in [6, 6.07) is 0. The van der Waals surface area contributed by atoms with Gasteiger partial charge in [0.25, 0.3) is 5.91 Å². The van der Waals surface area contributed by atoms with Crippen molar-refractivity contribution >= 4 is 11.7 Å². The van der Waals surface area contributed by atoms with Crippen LogP contribution < -0.4 is 5.73 Å². The van der Waals surface area contributed by atoms with E-state index in [0.717, 1.165) is 12.8 Å². The number of aromatic nitrogens is 4. The van der Waals surface area contributed by atoms with Gasteiger partial charge in [-0.15, -0.1) is 0 Å². The van der Waals surface area contributed by atoms with Crippen LogP contribution in [-0.2, 0) is 0 Å². The molecule has 1 amide bonds. The standard InChI is InChI=1S/C15H20N6O2/c1-9(2)14-19-13(20-23-14)10-4-3-7-21(8-10)15(22)11-12(16)18-6-5-17-11/h5-6,9-10H,3-4,7-8H2,1-2H3,(H2,16,18). The van der Waals surface area contributed by atoms with Crippen molar-refractivity contribution in [3.05, 3.63) is 29.8 Å². The van der Waals surface area contributed by atoms with Crippen LogP contribution in [0.25, 0.3) is 0 Å². The van der Waals surface area contributed by atoms with E-state index in [9.17, 15) is 4.79 Å². The van der Waals surface area contributed by atoms with Crippen molar-refractivity contribution in [2.24, 2.45) is 0 Å². The summed E-state index contributed by atoms with van der Waals surface area (Å²) in [5.41, 5.74) is 5.95. The normalized spacial score (nSPS) is 18.4. The van der Waals surface area contributed by atoms with Crippen LogP contribution in [0.1, 0.15) is 60.7 Å². The molecule has 0 aromatic carbocycles. The first-order chi connectivity index (χ1) is 11.1. The first-order valence-corrected chi connectivity index (χ1v) is 7.75. The number of piperidine rings is 1. The quantitative estimate of drug-likeness (QED) is 0.915. The SMILES string of the molecule is CC(C)c1nc(C2CCCN(C(=O)c3nccnc3N)C2)no1. The fourth-order valence-electron chi connectivity index (χ4n) is 2.68. The molecule has 0 saturated carbocycles. The molecule has 3 rings (SSSR count). The predicted molar refractivity (Wildman–Crippen MR) is 82.7 cm³/mol. The lowest BCUT2D eigenvalue weighted by Gasteiger charge is -2.31. The predicted octanol–water partition coefficient (Wildman–Crippen LogP) is 1.58. The highest BCUT2D eigenvalue weighted by Crippen LogP contribution is 2.27. The Morgan fingerprint density at radius 3 is 2.87 bits per heavy atom. The molecular formula is C15H20N6O2. The van der Waals surface area contributed by atoms with Gasteiger partial charge >= 0.3 is 0 Å². The van der Waals surface area contributed by atoms with E-state index in [1.165, 1.54) is 12.4 Å². The molecule has 0 aliphatic carbocycles. The van der Waals surface area contributed by atoms with Crippen LogP contribution in [0.5, 0.6) is 0 Å². The topological polar surface area (TPSA) is 111 Å². The summed E-state index contributed by atoms with van der Waals surface area (Å²) in [5, 5.41) is 4.07. The zero-order chi connectivity index (χ0) is 16.4. The van der Waals surface area contributed by atoms with Crippen molar-refractivity contribution in [1.29, 1.82) is 0 Å². The summed E-state index contributed by atoms with van der Waals surface area (Å²) in [7, 11) is 0. The van der Waals surface area contributed by atoms with Gasteiger partial charge in [-0.1, -0.05) is 19.0 Å². The largest absolute Gasteiger partial charge is 0.382 e. The van der Waals surface area contributed by atoms with Crippen molar-refractivity contribution in [1.82, 2.24) is 25.0 Å². The first kappa shape index (κ1) is 15.4. The molecule has 8 nitrogen and oxygen atoms in total. The number of nitrogens with two attached hydrogens (primary N) is 1. The highest BCUT2D eigenvalue weighted by molar-refractivity contribution is 5.96. The fourth-order valence-corrected chi connectivity index (χ4v) is 2.68. The Hall–Kier alpha value is -2.51. The second-order valence-corrected chi connectivity index (χ2v) is 6.03. The van der Waals surface area contributed by atoms with Crippen LogP contribution in [0.3, 0.4) is 0 Å². The minimum atomic E-state index is -0.201. The number of carbonyl (C=O) groups excluding carboxylic acids is 1. The van der Waals surface area contributed by atoms with E-state index in [2.05, 4.69) is 20.1 Å². The molecular weight excluding hydrogens is 296 g/mol. The molecule has 122 valence electrons. The molecule has 0 bridgehead atoms. The van der Waals surface area contributed by atoms with Gasteiger partial charge in [-0.2, -0.15) is 4.98 Å². The van der Waals surface area contributed by atoms with Gasteiger partial charge in [0.05, 0.1) is 0 Å². The average molecular weight is 316 g/mol. The van der Waals surface area contributed by atoms with E-state index >= 15 is 0 Å². The lowest BCUT2D eigenvalue weighted by molar-refractivity contribution is 0.0698. The van der Waals surface area contributed by atoms with Crippen molar-refractivity contribution in [2.75, 3.05) is 18.8 Å². The Bertz CT molecular complexity index is 699. The van der Waals surface area contributed by atoms with E-state index < -0.39 is 0 Å². The summed E-state index contributed by atoms with van der Waals surface area (Å²) >= 11 is 0. The second-order valence-electron chi connectivity index (χ2n) is 6.03. The third kappa shape index (κ3) is 3.15. The molecule has 2 aromatic rings. The fraction of sp³-hybridized carbons (Fsp3) is 0.533. The van der Waals surface area contributed by atoms with Crippen LogP contribution in [0.4, 0.5) is 5.82 Å². The second kappa shape index (κ2) is 6.31. The molecule has 0 spiro atoms. The number of anilines is 1. The zero-order valence-electron chi connectivity index (χ0n) is 13.3. The van der Waals surface area contributed by atoms with Gasteiger partial charge in [-0.3, -0.25) is 4.79 Å². The molecule has 1 aliphatic rings. The first-order valence-electron chi connectivity index (χ1n) is 7.75. The summed E-state index contributed by atoms with van der Waals surface area (Å²) in [4.78, 5) is 26.7. The van der Waals surface area contributed by atoms with E-state index in [-0.39, 0.29) is 29.3 Å². The van der Waals surface area contributed by atoms with Gasteiger partial charge in [0.15, 0.2) is 17.3 Å². The number of hydrogen-bond donors (Lipinski definition) is 1. The zero-order valence-corrected chi connectivity index (χ0v) is 13.3. The van der Waals surface area contributed by atoms with Crippen LogP contribution in [0, 0.1) is 0 Å². The Morgan fingerprint density at radius 1 is 1.39 bits per heavy atom. The monoisotopic (exact) mass is 316 g/mol. The maximum absolute atomic E-state index is 12.6. The van der Waals surface area contributed by atoms with Crippen molar-refractivity contribution < 1.29 is 9.32 Å². The summed E-state index contributed by atoms with van der Waals surface area (Å²) in [6.07, 6.45) is 4.75. The van der Waals surface area contributed by atoms with Gasteiger partial charge in [-0.25, -0.2) is 9.97 Å². The van der Waals surface area contributed by atoms with E-state index in [1.807, 2.05) is 13.8 Å². The number of carbonyl (C=O) groups is 1. The maximum atomic E-state index is 12.6. The molecule has 8 heteroatoms. The van der Waals surface area contributed by atoms with Crippen molar-refractivity contribution in [2.45, 2.75) is 38.5 Å². The summed E-state index contributed by atoms with van der Waals surface area (Å²) in [5.74, 6) is 1.51. The van der Waals surface area contributed by atoms with Gasteiger partial charge in [0.2, 0.25) is 5.89 Å². The molecule has 2 aromatic heterocycles. The van der Waals surface area contributed by atoms with Gasteiger partial charge in [0.1, 0.15) is 0 Å².